The molecule has 1 aromatic heterocycles. The third kappa shape index (κ3) is 3.51. The molecule has 0 radical (unpaired) electrons. The molecule has 0 bridgehead atoms. The number of rotatable bonds is 4. The quantitative estimate of drug-likeness (QED) is 0.916. The van der Waals surface area contributed by atoms with Crippen LogP contribution in [0, 0.1) is 6.92 Å². The Hall–Kier alpha value is -1.94. The lowest BCUT2D eigenvalue weighted by molar-refractivity contribution is 0.214. The van der Waals surface area contributed by atoms with E-state index >= 15 is 0 Å². The number of hydrogen-bond acceptors (Lipinski definition) is 4. The fraction of sp³-hybridized carbons (Fsp3) is 0.333. The Labute approximate surface area is 113 Å². The van der Waals surface area contributed by atoms with Crippen LogP contribution in [0.15, 0.2) is 36.5 Å². The lowest BCUT2D eigenvalue weighted by Crippen LogP contribution is -2.06. The van der Waals surface area contributed by atoms with E-state index in [1.807, 2.05) is 38.1 Å². The zero-order valence-corrected chi connectivity index (χ0v) is 11.4. The van der Waals surface area contributed by atoms with Crippen LogP contribution in [0.2, 0.25) is 0 Å². The van der Waals surface area contributed by atoms with Crippen LogP contribution in [0.25, 0.3) is 0 Å². The zero-order chi connectivity index (χ0) is 13.8. The van der Waals surface area contributed by atoms with Crippen molar-refractivity contribution in [3.63, 3.8) is 0 Å². The summed E-state index contributed by atoms with van der Waals surface area (Å²) in [6.07, 6.45) is 1.05. The second kappa shape index (κ2) is 5.80. The molecule has 1 heterocycles. The first-order chi connectivity index (χ1) is 9.06. The van der Waals surface area contributed by atoms with Crippen molar-refractivity contribution in [2.24, 2.45) is 0 Å². The van der Waals surface area contributed by atoms with Gasteiger partial charge in [-0.25, -0.2) is 9.97 Å². The van der Waals surface area contributed by atoms with Gasteiger partial charge in [-0.3, -0.25) is 0 Å². The molecule has 0 amide bonds. The molecule has 19 heavy (non-hydrogen) atoms. The van der Waals surface area contributed by atoms with Crippen LogP contribution in [0.3, 0.4) is 0 Å². The highest BCUT2D eigenvalue weighted by molar-refractivity contribution is 5.31. The van der Waals surface area contributed by atoms with Crippen molar-refractivity contribution in [1.82, 2.24) is 9.97 Å². The summed E-state index contributed by atoms with van der Waals surface area (Å²) >= 11 is 0. The van der Waals surface area contributed by atoms with Gasteiger partial charge in [-0.1, -0.05) is 12.1 Å². The van der Waals surface area contributed by atoms with Gasteiger partial charge in [0.25, 0.3) is 0 Å². The molecule has 0 saturated heterocycles. The topological polar surface area (TPSA) is 55.2 Å². The molecule has 2 rings (SSSR count). The third-order valence-electron chi connectivity index (χ3n) is 2.65. The first-order valence-corrected chi connectivity index (χ1v) is 6.30. The minimum atomic E-state index is -0.741. The highest BCUT2D eigenvalue weighted by Gasteiger charge is 2.12. The summed E-state index contributed by atoms with van der Waals surface area (Å²) in [4.78, 5) is 8.25. The zero-order valence-electron chi connectivity index (χ0n) is 11.4. The van der Waals surface area contributed by atoms with E-state index in [0.29, 0.717) is 11.5 Å². The molecule has 1 atom stereocenters. The van der Waals surface area contributed by atoms with Gasteiger partial charge in [0.1, 0.15) is 17.7 Å². The molecule has 1 N–H and O–H groups in total. The van der Waals surface area contributed by atoms with E-state index in [1.54, 1.807) is 19.2 Å². The van der Waals surface area contributed by atoms with Gasteiger partial charge in [0.05, 0.1) is 11.8 Å². The predicted molar refractivity (Wildman–Crippen MR) is 73.0 cm³/mol. The van der Waals surface area contributed by atoms with E-state index in [0.717, 1.165) is 11.3 Å². The maximum atomic E-state index is 10.3. The highest BCUT2D eigenvalue weighted by Crippen LogP contribution is 2.22. The van der Waals surface area contributed by atoms with Gasteiger partial charge >= 0.3 is 0 Å². The number of hydrogen-bond donors (Lipinski definition) is 1. The Bertz CT molecular complexity index is 538. The van der Waals surface area contributed by atoms with Crippen molar-refractivity contribution >= 4 is 0 Å². The lowest BCUT2D eigenvalue weighted by atomic mass is 10.1. The van der Waals surface area contributed by atoms with Crippen LogP contribution in [0.4, 0.5) is 0 Å². The second-order valence-electron chi connectivity index (χ2n) is 4.67. The van der Waals surface area contributed by atoms with Crippen molar-refractivity contribution in [3.8, 4) is 5.75 Å². The van der Waals surface area contributed by atoms with Crippen molar-refractivity contribution in [2.75, 3.05) is 0 Å². The van der Waals surface area contributed by atoms with Crippen LogP contribution in [0.5, 0.6) is 5.75 Å². The number of aryl methyl sites for hydroxylation is 1. The van der Waals surface area contributed by atoms with Gasteiger partial charge in [-0.15, -0.1) is 0 Å². The van der Waals surface area contributed by atoms with Gasteiger partial charge < -0.3 is 9.84 Å². The van der Waals surface area contributed by atoms with Crippen LogP contribution in [-0.4, -0.2) is 21.2 Å². The smallest absolute Gasteiger partial charge is 0.125 e. The highest BCUT2D eigenvalue weighted by atomic mass is 16.5. The van der Waals surface area contributed by atoms with Gasteiger partial charge in [0.15, 0.2) is 0 Å². The standard InChI is InChI=1S/C15H18N2O2/c1-10(2)19-13-6-4-12(5-7-13)15(18)14-8-9-16-11(3)17-14/h4-10,15,18H,1-3H3. The predicted octanol–water partition coefficient (Wildman–Crippen LogP) is 2.65. The molecule has 0 aliphatic rings. The largest absolute Gasteiger partial charge is 0.491 e. The molecule has 0 aliphatic carbocycles. The summed E-state index contributed by atoms with van der Waals surface area (Å²) in [7, 11) is 0. The van der Waals surface area contributed by atoms with Crippen LogP contribution in [-0.2, 0) is 0 Å². The molecule has 0 spiro atoms. The molecule has 4 heteroatoms. The number of aliphatic hydroxyl groups is 1. The summed E-state index contributed by atoms with van der Waals surface area (Å²) in [5.41, 5.74) is 1.39. The molecule has 2 aromatic rings. The summed E-state index contributed by atoms with van der Waals surface area (Å²) < 4.78 is 5.57. The van der Waals surface area contributed by atoms with Gasteiger partial charge in [-0.05, 0) is 44.5 Å². The maximum absolute atomic E-state index is 10.3. The molecule has 1 unspecified atom stereocenters. The van der Waals surface area contributed by atoms with Gasteiger partial charge in [0, 0.05) is 6.20 Å². The lowest BCUT2D eigenvalue weighted by Gasteiger charge is -2.13. The fourth-order valence-electron chi connectivity index (χ4n) is 1.80. The molecule has 1 aromatic carbocycles. The molecular weight excluding hydrogens is 240 g/mol. The maximum Gasteiger partial charge on any atom is 0.125 e. The van der Waals surface area contributed by atoms with Crippen LogP contribution >= 0.6 is 0 Å². The van der Waals surface area contributed by atoms with Crippen molar-refractivity contribution in [1.29, 1.82) is 0 Å². The fourth-order valence-corrected chi connectivity index (χ4v) is 1.80. The van der Waals surface area contributed by atoms with Gasteiger partial charge in [-0.2, -0.15) is 0 Å². The second-order valence-corrected chi connectivity index (χ2v) is 4.67. The van der Waals surface area contributed by atoms with E-state index < -0.39 is 6.10 Å². The Kier molecular flexibility index (Phi) is 4.12. The number of ether oxygens (including phenoxy) is 1. The first kappa shape index (κ1) is 13.5. The summed E-state index contributed by atoms with van der Waals surface area (Å²) in [5, 5.41) is 10.3. The van der Waals surface area contributed by atoms with E-state index in [4.69, 9.17) is 4.74 Å². The molecule has 0 fully saturated rings. The molecule has 4 nitrogen and oxygen atoms in total. The van der Waals surface area contributed by atoms with E-state index in [1.165, 1.54) is 0 Å². The Morgan fingerprint density at radius 3 is 2.37 bits per heavy atom. The van der Waals surface area contributed by atoms with Crippen LogP contribution < -0.4 is 4.74 Å². The minimum Gasteiger partial charge on any atom is -0.491 e. The Morgan fingerprint density at radius 2 is 1.79 bits per heavy atom. The normalized spacial score (nSPS) is 12.5. The number of benzene rings is 1. The van der Waals surface area contributed by atoms with E-state index in [9.17, 15) is 5.11 Å². The summed E-state index contributed by atoms with van der Waals surface area (Å²) in [6.45, 7) is 5.76. The number of nitrogens with zero attached hydrogens (tertiary/aromatic N) is 2. The van der Waals surface area contributed by atoms with Gasteiger partial charge in [0.2, 0.25) is 0 Å². The molecule has 100 valence electrons. The third-order valence-corrected chi connectivity index (χ3v) is 2.65. The van der Waals surface area contributed by atoms with Crippen molar-refractivity contribution < 1.29 is 9.84 Å². The number of aliphatic hydroxyl groups excluding tert-OH is 1. The minimum absolute atomic E-state index is 0.139. The SMILES string of the molecule is Cc1nccc(C(O)c2ccc(OC(C)C)cc2)n1. The molecular formula is C15H18N2O2. The Morgan fingerprint density at radius 1 is 1.11 bits per heavy atom. The van der Waals surface area contributed by atoms with Crippen molar-refractivity contribution in [3.05, 3.63) is 53.6 Å². The summed E-state index contributed by atoms with van der Waals surface area (Å²) in [6, 6.07) is 9.12. The first-order valence-electron chi connectivity index (χ1n) is 6.30. The van der Waals surface area contributed by atoms with Crippen LogP contribution in [0.1, 0.15) is 37.0 Å². The monoisotopic (exact) mass is 258 g/mol. The molecule has 0 aliphatic heterocycles. The number of aromatic nitrogens is 2. The average Bonchev–Trinajstić information content (AvgIpc) is 2.38. The Balaban J connectivity index is 2.17. The summed E-state index contributed by atoms with van der Waals surface area (Å²) in [5.74, 6) is 1.45. The average molecular weight is 258 g/mol. The van der Waals surface area contributed by atoms with Crippen molar-refractivity contribution in [2.45, 2.75) is 33.0 Å². The van der Waals surface area contributed by atoms with E-state index in [2.05, 4.69) is 9.97 Å². The van der Waals surface area contributed by atoms with E-state index in [-0.39, 0.29) is 6.10 Å². The molecule has 0 saturated carbocycles.